The molecule has 13 heteroatoms. The van der Waals surface area contributed by atoms with Gasteiger partial charge in [-0.05, 0) is 43.2 Å². The monoisotopic (exact) mass is 598 g/mol. The molecule has 2 aromatic rings. The summed E-state index contributed by atoms with van der Waals surface area (Å²) in [5.74, 6) is -4.85. The van der Waals surface area contributed by atoms with Gasteiger partial charge in [-0.25, -0.2) is 0 Å². The van der Waals surface area contributed by atoms with Gasteiger partial charge in [-0.1, -0.05) is 45.9 Å². The van der Waals surface area contributed by atoms with E-state index in [0.717, 1.165) is 16.5 Å². The van der Waals surface area contributed by atoms with Crippen LogP contribution in [0.4, 0.5) is 0 Å². The van der Waals surface area contributed by atoms with Crippen LogP contribution in [0.5, 0.6) is 0 Å². The van der Waals surface area contributed by atoms with Gasteiger partial charge in [-0.3, -0.25) is 28.8 Å². The first-order valence-corrected chi connectivity index (χ1v) is 14.5. The molecule has 0 bridgehead atoms. The Morgan fingerprint density at radius 3 is 2.05 bits per heavy atom. The molecule has 1 aliphatic heterocycles. The number of carboxylic acid groups (broad SMARTS) is 1. The molecule has 7 N–H and O–H groups in total. The molecule has 0 radical (unpaired) electrons. The van der Waals surface area contributed by atoms with Crippen molar-refractivity contribution in [2.75, 3.05) is 0 Å². The molecule has 1 aromatic heterocycles. The van der Waals surface area contributed by atoms with Gasteiger partial charge in [-0.15, -0.1) is 0 Å². The van der Waals surface area contributed by atoms with Gasteiger partial charge in [0.25, 0.3) is 0 Å². The van der Waals surface area contributed by atoms with Crippen LogP contribution in [-0.2, 0) is 35.2 Å². The number of carboxylic acids is 1. The number of carbonyl (C=O) groups excluding carboxylic acids is 5. The number of carbonyl (C=O) groups is 6. The van der Waals surface area contributed by atoms with Gasteiger partial charge < -0.3 is 36.7 Å². The summed E-state index contributed by atoms with van der Waals surface area (Å²) in [7, 11) is 0. The molecule has 0 aliphatic carbocycles. The maximum absolute atomic E-state index is 13.7. The number of H-pyrrole nitrogens is 1. The zero-order valence-corrected chi connectivity index (χ0v) is 25.2. The smallest absolute Gasteiger partial charge is 0.303 e. The van der Waals surface area contributed by atoms with E-state index in [4.69, 9.17) is 0 Å². The van der Waals surface area contributed by atoms with Crippen molar-refractivity contribution in [3.63, 3.8) is 0 Å². The summed E-state index contributed by atoms with van der Waals surface area (Å²) >= 11 is 0. The van der Waals surface area contributed by atoms with Crippen molar-refractivity contribution in [3.05, 3.63) is 36.0 Å². The average Bonchev–Trinajstić information content (AvgIpc) is 3.34. The van der Waals surface area contributed by atoms with Crippen LogP contribution in [0.15, 0.2) is 30.5 Å². The van der Waals surface area contributed by atoms with E-state index in [1.807, 2.05) is 38.1 Å². The molecule has 3 rings (SSSR count). The molecule has 1 fully saturated rings. The van der Waals surface area contributed by atoms with Crippen molar-refractivity contribution in [3.8, 4) is 0 Å². The first-order valence-electron chi connectivity index (χ1n) is 14.5. The first-order chi connectivity index (χ1) is 20.3. The lowest BCUT2D eigenvalue weighted by atomic mass is 9.98. The van der Waals surface area contributed by atoms with Crippen molar-refractivity contribution >= 4 is 46.4 Å². The van der Waals surface area contributed by atoms with E-state index >= 15 is 0 Å². The minimum atomic E-state index is -1.31. The van der Waals surface area contributed by atoms with Crippen molar-refractivity contribution in [1.82, 2.24) is 31.6 Å². The van der Waals surface area contributed by atoms with Crippen LogP contribution in [0, 0.1) is 11.8 Å². The third-order valence-corrected chi connectivity index (χ3v) is 7.35. The zero-order valence-electron chi connectivity index (χ0n) is 25.2. The Morgan fingerprint density at radius 1 is 0.791 bits per heavy atom. The van der Waals surface area contributed by atoms with Gasteiger partial charge >= 0.3 is 5.97 Å². The number of aliphatic carboxylic acids is 1. The van der Waals surface area contributed by atoms with E-state index < -0.39 is 72.1 Å². The molecule has 0 saturated carbocycles. The summed E-state index contributed by atoms with van der Waals surface area (Å²) in [6.45, 7) is 8.67. The Kier molecular flexibility index (Phi) is 11.3. The Labute approximate surface area is 250 Å². The molecule has 234 valence electrons. The minimum Gasteiger partial charge on any atom is -0.481 e. The van der Waals surface area contributed by atoms with Crippen LogP contribution < -0.4 is 26.6 Å². The third-order valence-electron chi connectivity index (χ3n) is 7.35. The van der Waals surface area contributed by atoms with Gasteiger partial charge in [0, 0.05) is 29.9 Å². The van der Waals surface area contributed by atoms with Crippen molar-refractivity contribution in [1.29, 1.82) is 0 Å². The molecule has 0 unspecified atom stereocenters. The van der Waals surface area contributed by atoms with Crippen molar-refractivity contribution < 1.29 is 33.9 Å². The fourth-order valence-corrected chi connectivity index (χ4v) is 4.97. The number of hydrogen-bond donors (Lipinski definition) is 7. The number of hydrogen-bond acceptors (Lipinski definition) is 6. The average molecular weight is 599 g/mol. The lowest BCUT2D eigenvalue weighted by Crippen LogP contribution is -2.59. The minimum absolute atomic E-state index is 0.00615. The number of para-hydroxylation sites is 1. The highest BCUT2D eigenvalue weighted by molar-refractivity contribution is 5.98. The van der Waals surface area contributed by atoms with Crippen LogP contribution >= 0.6 is 0 Å². The van der Waals surface area contributed by atoms with E-state index in [1.54, 1.807) is 20.0 Å². The summed E-state index contributed by atoms with van der Waals surface area (Å²) in [5, 5.41) is 23.4. The molecule has 5 atom stereocenters. The highest BCUT2D eigenvalue weighted by Crippen LogP contribution is 2.20. The van der Waals surface area contributed by atoms with Crippen molar-refractivity contribution in [2.24, 2.45) is 11.8 Å². The van der Waals surface area contributed by atoms with E-state index in [2.05, 4.69) is 31.6 Å². The summed E-state index contributed by atoms with van der Waals surface area (Å²) < 4.78 is 0. The second-order valence-electron chi connectivity index (χ2n) is 11.8. The molecule has 1 aromatic carbocycles. The molecule has 0 spiro atoms. The molecule has 5 amide bonds. The van der Waals surface area contributed by atoms with Crippen LogP contribution in [0.1, 0.15) is 59.4 Å². The van der Waals surface area contributed by atoms with Gasteiger partial charge in [0.15, 0.2) is 0 Å². The summed E-state index contributed by atoms with van der Waals surface area (Å²) in [6, 6.07) is 1.82. The second-order valence-corrected chi connectivity index (χ2v) is 11.8. The summed E-state index contributed by atoms with van der Waals surface area (Å²) in [6.07, 6.45) is 1.36. The quantitative estimate of drug-likeness (QED) is 0.232. The van der Waals surface area contributed by atoms with Gasteiger partial charge in [0.2, 0.25) is 29.5 Å². The highest BCUT2D eigenvalue weighted by atomic mass is 16.4. The zero-order chi connectivity index (χ0) is 31.8. The number of benzene rings is 1. The largest absolute Gasteiger partial charge is 0.481 e. The number of fused-ring (bicyclic) bond motifs is 1. The standard InChI is InChI=1S/C30H42N6O7/c1-15(2)12-22-28(41)34-23(13-18-14-31-20-9-7-6-8-19(18)20)29(42)33-21(10-11-24(37)38)27(40)32-17(5)26(39)36-25(16(3)4)30(43)35-22/h6-9,14-17,21-23,25,31H,10-13H2,1-5H3,(H,32,40)(H,33,42)(H,34,41)(H,35,43)(H,36,39)(H,37,38)/t17-,21-,22-,23+,25+/m1/s1. The molecule has 2 heterocycles. The Balaban J connectivity index is 2.04. The fraction of sp³-hybridized carbons (Fsp3) is 0.533. The molecular weight excluding hydrogens is 556 g/mol. The first kappa shape index (κ1) is 33.1. The van der Waals surface area contributed by atoms with Crippen LogP contribution in [-0.4, -0.2) is 75.8 Å². The maximum Gasteiger partial charge on any atom is 0.303 e. The Morgan fingerprint density at radius 2 is 1.40 bits per heavy atom. The molecule has 1 saturated heterocycles. The summed E-state index contributed by atoms with van der Waals surface area (Å²) in [4.78, 5) is 81.4. The van der Waals surface area contributed by atoms with E-state index in [1.165, 1.54) is 6.92 Å². The summed E-state index contributed by atoms with van der Waals surface area (Å²) in [5.41, 5.74) is 1.56. The van der Waals surface area contributed by atoms with E-state index in [9.17, 15) is 33.9 Å². The van der Waals surface area contributed by atoms with Crippen molar-refractivity contribution in [2.45, 2.75) is 90.5 Å². The van der Waals surface area contributed by atoms with E-state index in [0.29, 0.717) is 0 Å². The number of rotatable bonds is 8. The van der Waals surface area contributed by atoms with Crippen LogP contribution in [0.2, 0.25) is 0 Å². The normalized spacial score (nSPS) is 24.4. The van der Waals surface area contributed by atoms with Crippen LogP contribution in [0.3, 0.4) is 0 Å². The van der Waals surface area contributed by atoms with Crippen LogP contribution in [0.25, 0.3) is 10.9 Å². The SMILES string of the molecule is CC(C)C[C@H]1NC(=O)[C@H](C(C)C)NC(=O)[C@@H](C)NC(=O)[C@@H](CCC(=O)O)NC(=O)[C@H](Cc2c[nH]c3ccccc23)NC1=O. The second kappa shape index (κ2) is 14.7. The molecular formula is C30H42N6O7. The lowest BCUT2D eigenvalue weighted by Gasteiger charge is -2.27. The predicted octanol–water partition coefficient (Wildman–Crippen LogP) is 0.735. The van der Waals surface area contributed by atoms with E-state index in [-0.39, 0.29) is 31.1 Å². The molecule has 13 nitrogen and oxygen atoms in total. The third kappa shape index (κ3) is 9.03. The maximum atomic E-state index is 13.7. The number of amides is 5. The fourth-order valence-electron chi connectivity index (χ4n) is 4.97. The number of nitrogens with one attached hydrogen (secondary N) is 6. The highest BCUT2D eigenvalue weighted by Gasteiger charge is 2.35. The van der Waals surface area contributed by atoms with Gasteiger partial charge in [-0.2, -0.15) is 0 Å². The van der Waals surface area contributed by atoms with Gasteiger partial charge in [0.1, 0.15) is 30.2 Å². The number of aromatic nitrogens is 1. The lowest BCUT2D eigenvalue weighted by molar-refractivity contribution is -0.138. The molecule has 1 aliphatic rings. The topological polar surface area (TPSA) is 199 Å². The van der Waals surface area contributed by atoms with Gasteiger partial charge in [0.05, 0.1) is 0 Å². The Hall–Kier alpha value is -4.42. The number of aromatic amines is 1. The predicted molar refractivity (Wildman–Crippen MR) is 158 cm³/mol. The molecule has 43 heavy (non-hydrogen) atoms. The Bertz CT molecular complexity index is 1350.